The second kappa shape index (κ2) is 8.10. The fourth-order valence-electron chi connectivity index (χ4n) is 2.57. The number of pyridine rings is 1. The lowest BCUT2D eigenvalue weighted by atomic mass is 10.1. The van der Waals surface area contributed by atoms with Crippen LogP contribution in [0.1, 0.15) is 24.8 Å². The summed E-state index contributed by atoms with van der Waals surface area (Å²) >= 11 is 0. The third kappa shape index (κ3) is 5.44. The van der Waals surface area contributed by atoms with Crippen molar-refractivity contribution in [2.75, 3.05) is 33.8 Å². The molecule has 2 rings (SSSR count). The second-order valence-corrected chi connectivity index (χ2v) is 5.79. The summed E-state index contributed by atoms with van der Waals surface area (Å²) in [6.45, 7) is 2.70. The van der Waals surface area contributed by atoms with E-state index in [0.717, 1.165) is 26.0 Å². The fraction of sp³-hybridized carbons (Fsp3) is 0.625. The number of likely N-dealkylation sites (N-methyl/N-ethyl adjacent to an activating group) is 2. The highest BCUT2D eigenvalue weighted by Crippen LogP contribution is 2.13. The first-order chi connectivity index (χ1) is 10.1. The maximum absolute atomic E-state index is 12.2. The highest BCUT2D eigenvalue weighted by Gasteiger charge is 2.19. The molecule has 0 radical (unpaired) electrons. The molecule has 1 aromatic rings. The Labute approximate surface area is 126 Å². The topological polar surface area (TPSA) is 45.7 Å². The van der Waals surface area contributed by atoms with E-state index in [1.807, 2.05) is 31.1 Å². The molecule has 116 valence electrons. The van der Waals surface area contributed by atoms with Crippen LogP contribution in [0.2, 0.25) is 0 Å². The quantitative estimate of drug-likeness (QED) is 0.797. The van der Waals surface area contributed by atoms with E-state index in [2.05, 4.69) is 4.98 Å². The van der Waals surface area contributed by atoms with Gasteiger partial charge < -0.3 is 9.64 Å². The molecule has 0 saturated carbocycles. The van der Waals surface area contributed by atoms with Gasteiger partial charge in [-0.3, -0.25) is 14.7 Å². The zero-order chi connectivity index (χ0) is 15.1. The Balaban J connectivity index is 1.74. The van der Waals surface area contributed by atoms with Gasteiger partial charge in [-0.2, -0.15) is 0 Å². The number of nitrogens with zero attached hydrogens (tertiary/aromatic N) is 3. The van der Waals surface area contributed by atoms with Gasteiger partial charge in [0.05, 0.1) is 12.6 Å². The predicted octanol–water partition coefficient (Wildman–Crippen LogP) is 1.54. The summed E-state index contributed by atoms with van der Waals surface area (Å²) in [4.78, 5) is 20.0. The van der Waals surface area contributed by atoms with Crippen LogP contribution in [0.4, 0.5) is 0 Å². The Morgan fingerprint density at radius 3 is 2.76 bits per heavy atom. The highest BCUT2D eigenvalue weighted by atomic mass is 16.5. The summed E-state index contributed by atoms with van der Waals surface area (Å²) in [5.74, 6) is 0.140. The van der Waals surface area contributed by atoms with Gasteiger partial charge >= 0.3 is 0 Å². The van der Waals surface area contributed by atoms with E-state index < -0.39 is 0 Å². The molecule has 1 aliphatic heterocycles. The van der Waals surface area contributed by atoms with E-state index >= 15 is 0 Å². The van der Waals surface area contributed by atoms with E-state index in [4.69, 9.17) is 4.74 Å². The lowest BCUT2D eigenvalue weighted by Crippen LogP contribution is -2.41. The van der Waals surface area contributed by atoms with Crippen molar-refractivity contribution in [3.8, 4) is 0 Å². The van der Waals surface area contributed by atoms with E-state index in [0.29, 0.717) is 13.1 Å². The van der Waals surface area contributed by atoms with E-state index in [-0.39, 0.29) is 12.0 Å². The summed E-state index contributed by atoms with van der Waals surface area (Å²) in [6, 6.07) is 3.95. The molecule has 5 heteroatoms. The predicted molar refractivity (Wildman–Crippen MR) is 81.8 cm³/mol. The number of ether oxygens (including phenoxy) is 1. The average molecular weight is 291 g/mol. The maximum Gasteiger partial charge on any atom is 0.236 e. The SMILES string of the molecule is CN(CC(=O)N(C)CC1CCCCO1)Cc1ccncc1. The van der Waals surface area contributed by atoms with Gasteiger partial charge in [0.25, 0.3) is 0 Å². The summed E-state index contributed by atoms with van der Waals surface area (Å²) in [6.07, 6.45) is 7.16. The number of hydrogen-bond donors (Lipinski definition) is 0. The Hall–Kier alpha value is -1.46. The van der Waals surface area contributed by atoms with Crippen molar-refractivity contribution in [1.82, 2.24) is 14.8 Å². The molecule has 1 saturated heterocycles. The lowest BCUT2D eigenvalue weighted by Gasteiger charge is -2.28. The van der Waals surface area contributed by atoms with Gasteiger partial charge in [0.15, 0.2) is 0 Å². The van der Waals surface area contributed by atoms with Gasteiger partial charge in [-0.05, 0) is 44.0 Å². The molecule has 1 aliphatic rings. The number of amides is 1. The number of hydrogen-bond acceptors (Lipinski definition) is 4. The van der Waals surface area contributed by atoms with Crippen molar-refractivity contribution in [3.63, 3.8) is 0 Å². The van der Waals surface area contributed by atoms with Crippen molar-refractivity contribution in [2.45, 2.75) is 31.9 Å². The molecule has 5 nitrogen and oxygen atoms in total. The van der Waals surface area contributed by atoms with E-state index in [1.54, 1.807) is 17.3 Å². The van der Waals surface area contributed by atoms with E-state index in [9.17, 15) is 4.79 Å². The summed E-state index contributed by atoms with van der Waals surface area (Å²) in [7, 11) is 3.82. The van der Waals surface area contributed by atoms with Crippen molar-refractivity contribution >= 4 is 5.91 Å². The molecule has 0 bridgehead atoms. The van der Waals surface area contributed by atoms with Crippen molar-refractivity contribution in [3.05, 3.63) is 30.1 Å². The first kappa shape index (κ1) is 15.9. The zero-order valence-electron chi connectivity index (χ0n) is 13.0. The zero-order valence-corrected chi connectivity index (χ0v) is 13.0. The van der Waals surface area contributed by atoms with Gasteiger partial charge in [-0.25, -0.2) is 0 Å². The molecule has 21 heavy (non-hydrogen) atoms. The van der Waals surface area contributed by atoms with Crippen molar-refractivity contribution in [2.24, 2.45) is 0 Å². The number of rotatable bonds is 6. The molecule has 1 amide bonds. The monoisotopic (exact) mass is 291 g/mol. The lowest BCUT2D eigenvalue weighted by molar-refractivity contribution is -0.133. The summed E-state index contributed by atoms with van der Waals surface area (Å²) in [5, 5.41) is 0. The maximum atomic E-state index is 12.2. The molecule has 0 aromatic carbocycles. The second-order valence-electron chi connectivity index (χ2n) is 5.79. The molecule has 1 fully saturated rings. The Bertz CT molecular complexity index is 432. The van der Waals surface area contributed by atoms with Crippen LogP contribution in [0.5, 0.6) is 0 Å². The van der Waals surface area contributed by atoms with Crippen LogP contribution in [-0.4, -0.2) is 60.6 Å². The normalized spacial score (nSPS) is 18.7. The van der Waals surface area contributed by atoms with Crippen LogP contribution in [0.25, 0.3) is 0 Å². The van der Waals surface area contributed by atoms with Crippen molar-refractivity contribution in [1.29, 1.82) is 0 Å². The first-order valence-corrected chi connectivity index (χ1v) is 7.58. The first-order valence-electron chi connectivity index (χ1n) is 7.58. The minimum Gasteiger partial charge on any atom is -0.376 e. The van der Waals surface area contributed by atoms with Gasteiger partial charge in [-0.15, -0.1) is 0 Å². The number of carbonyl (C=O) groups excluding carboxylic acids is 1. The standard InChI is InChI=1S/C16H25N3O2/c1-18(11-14-6-8-17-9-7-14)13-16(20)19(2)12-15-5-3-4-10-21-15/h6-9,15H,3-5,10-13H2,1-2H3. The molecule has 1 unspecified atom stereocenters. The summed E-state index contributed by atoms with van der Waals surface area (Å²) < 4.78 is 5.68. The molecule has 1 aromatic heterocycles. The van der Waals surface area contributed by atoms with Crippen LogP contribution in [0, 0.1) is 0 Å². The number of carbonyl (C=O) groups is 1. The Morgan fingerprint density at radius 1 is 1.33 bits per heavy atom. The summed E-state index contributed by atoms with van der Waals surface area (Å²) in [5.41, 5.74) is 1.17. The molecular weight excluding hydrogens is 266 g/mol. The molecule has 0 N–H and O–H groups in total. The number of aromatic nitrogens is 1. The van der Waals surface area contributed by atoms with Gasteiger partial charge in [-0.1, -0.05) is 0 Å². The van der Waals surface area contributed by atoms with Crippen LogP contribution < -0.4 is 0 Å². The Kier molecular flexibility index (Phi) is 6.14. The van der Waals surface area contributed by atoms with Gasteiger partial charge in [0.1, 0.15) is 0 Å². The van der Waals surface area contributed by atoms with Crippen LogP contribution in [-0.2, 0) is 16.1 Å². The third-order valence-electron chi connectivity index (χ3n) is 3.78. The molecule has 1 atom stereocenters. The molecule has 2 heterocycles. The molecule has 0 aliphatic carbocycles. The molecule has 0 spiro atoms. The molecular formula is C16H25N3O2. The van der Waals surface area contributed by atoms with Crippen LogP contribution >= 0.6 is 0 Å². The van der Waals surface area contributed by atoms with E-state index in [1.165, 1.54) is 12.0 Å². The van der Waals surface area contributed by atoms with Crippen LogP contribution in [0.15, 0.2) is 24.5 Å². The minimum atomic E-state index is 0.140. The van der Waals surface area contributed by atoms with Crippen molar-refractivity contribution < 1.29 is 9.53 Å². The Morgan fingerprint density at radius 2 is 2.10 bits per heavy atom. The van der Waals surface area contributed by atoms with Crippen LogP contribution in [0.3, 0.4) is 0 Å². The third-order valence-corrected chi connectivity index (χ3v) is 3.78. The fourth-order valence-corrected chi connectivity index (χ4v) is 2.57. The van der Waals surface area contributed by atoms with Gasteiger partial charge in [0, 0.05) is 39.1 Å². The smallest absolute Gasteiger partial charge is 0.236 e. The highest BCUT2D eigenvalue weighted by molar-refractivity contribution is 5.78. The van der Waals surface area contributed by atoms with Gasteiger partial charge in [0.2, 0.25) is 5.91 Å². The minimum absolute atomic E-state index is 0.140. The average Bonchev–Trinajstić information content (AvgIpc) is 2.49. The largest absolute Gasteiger partial charge is 0.376 e.